The third kappa shape index (κ3) is 2.96. The number of carbonyl (C=O) groups is 2. The lowest BCUT2D eigenvalue weighted by Crippen LogP contribution is -2.64. The molecule has 2 unspecified atom stereocenters. The van der Waals surface area contributed by atoms with E-state index in [9.17, 15) is 19.1 Å². The Bertz CT molecular complexity index is 913. The van der Waals surface area contributed by atoms with Gasteiger partial charge in [0.05, 0.1) is 6.54 Å². The van der Waals surface area contributed by atoms with Gasteiger partial charge in [0, 0.05) is 31.6 Å². The molecule has 3 amide bonds. The summed E-state index contributed by atoms with van der Waals surface area (Å²) in [5.74, 6) is -0.0512. The highest BCUT2D eigenvalue weighted by atomic mass is 19.1. The Kier molecular flexibility index (Phi) is 4.77. The molecule has 0 spiro atoms. The van der Waals surface area contributed by atoms with Crippen LogP contribution in [0.15, 0.2) is 40.7 Å². The number of allylic oxidation sites excluding steroid dienone is 2. The molecule has 1 N–H and O–H groups in total. The standard InChI is InChI=1S/C20H24FN5O3/c1-12-13(2)26-16-17(22-19(26)24(12)9-4-10-27)23(3)20(29)25(18(16)28)11-14-5-7-15(21)8-6-14/h5-8,16-17,27H,4,9-11H2,1-3H3. The molecule has 0 aliphatic carbocycles. The third-order valence-electron chi connectivity index (χ3n) is 5.80. The van der Waals surface area contributed by atoms with E-state index in [1.165, 1.54) is 21.9 Å². The van der Waals surface area contributed by atoms with Crippen LogP contribution in [0.1, 0.15) is 25.8 Å². The van der Waals surface area contributed by atoms with Gasteiger partial charge >= 0.3 is 6.03 Å². The first-order valence-electron chi connectivity index (χ1n) is 9.60. The maximum absolute atomic E-state index is 13.4. The first kappa shape index (κ1) is 19.4. The molecule has 8 nitrogen and oxygen atoms in total. The normalized spacial score (nSPS) is 23.8. The smallest absolute Gasteiger partial charge is 0.328 e. The monoisotopic (exact) mass is 401 g/mol. The fourth-order valence-corrected chi connectivity index (χ4v) is 4.10. The van der Waals surface area contributed by atoms with Crippen molar-refractivity contribution >= 4 is 17.9 Å². The van der Waals surface area contributed by atoms with E-state index < -0.39 is 18.2 Å². The molecule has 4 rings (SSSR count). The van der Waals surface area contributed by atoms with Crippen LogP contribution in [-0.2, 0) is 11.3 Å². The molecule has 1 saturated heterocycles. The minimum Gasteiger partial charge on any atom is -0.396 e. The number of hydrogen-bond donors (Lipinski definition) is 1. The lowest BCUT2D eigenvalue weighted by molar-refractivity contribution is -0.137. The minimum atomic E-state index is -0.637. The average Bonchev–Trinajstić information content (AvgIpc) is 3.20. The van der Waals surface area contributed by atoms with Crippen molar-refractivity contribution in [3.8, 4) is 0 Å². The zero-order chi connectivity index (χ0) is 20.9. The zero-order valence-electron chi connectivity index (χ0n) is 16.7. The molecular formula is C20H24FN5O3. The Morgan fingerprint density at radius 2 is 1.79 bits per heavy atom. The van der Waals surface area contributed by atoms with Crippen molar-refractivity contribution in [3.05, 3.63) is 47.0 Å². The number of likely N-dealkylation sites (N-methyl/N-ethyl adjacent to an activating group) is 1. The summed E-state index contributed by atoms with van der Waals surface area (Å²) in [6, 6.07) is 4.70. The summed E-state index contributed by atoms with van der Waals surface area (Å²) >= 11 is 0. The number of amides is 3. The number of fused-ring (bicyclic) bond motifs is 3. The molecule has 2 atom stereocenters. The Morgan fingerprint density at radius 1 is 1.10 bits per heavy atom. The molecule has 9 heteroatoms. The van der Waals surface area contributed by atoms with Gasteiger partial charge in [0.2, 0.25) is 5.96 Å². The van der Waals surface area contributed by atoms with Crippen LogP contribution in [-0.4, -0.2) is 75.0 Å². The number of guanidine groups is 1. The van der Waals surface area contributed by atoms with Crippen molar-refractivity contribution in [2.24, 2.45) is 4.99 Å². The van der Waals surface area contributed by atoms with Crippen LogP contribution in [0.25, 0.3) is 0 Å². The van der Waals surface area contributed by atoms with Gasteiger partial charge in [-0.3, -0.25) is 14.6 Å². The zero-order valence-corrected chi connectivity index (χ0v) is 16.7. The lowest BCUT2D eigenvalue weighted by atomic mass is 10.1. The molecule has 3 aliphatic heterocycles. The van der Waals surface area contributed by atoms with Gasteiger partial charge in [0.25, 0.3) is 5.91 Å². The second-order valence-electron chi connectivity index (χ2n) is 7.50. The number of imide groups is 1. The van der Waals surface area contributed by atoms with Crippen LogP contribution >= 0.6 is 0 Å². The van der Waals surface area contributed by atoms with Crippen LogP contribution in [0.4, 0.5) is 9.18 Å². The number of nitrogens with zero attached hydrogens (tertiary/aromatic N) is 5. The summed E-state index contributed by atoms with van der Waals surface area (Å²) in [7, 11) is 1.64. The predicted octanol–water partition coefficient (Wildman–Crippen LogP) is 1.54. The lowest BCUT2D eigenvalue weighted by Gasteiger charge is -2.40. The Morgan fingerprint density at radius 3 is 2.45 bits per heavy atom. The number of benzene rings is 1. The largest absolute Gasteiger partial charge is 0.396 e. The van der Waals surface area contributed by atoms with Gasteiger partial charge in [0.1, 0.15) is 5.82 Å². The summed E-state index contributed by atoms with van der Waals surface area (Å²) in [5.41, 5.74) is 2.56. The van der Waals surface area contributed by atoms with E-state index in [1.807, 2.05) is 23.6 Å². The molecule has 3 aliphatic rings. The minimum absolute atomic E-state index is 0.0612. The van der Waals surface area contributed by atoms with Gasteiger partial charge in [-0.05, 0) is 38.0 Å². The van der Waals surface area contributed by atoms with E-state index >= 15 is 0 Å². The topological polar surface area (TPSA) is 79.7 Å². The fourth-order valence-electron chi connectivity index (χ4n) is 4.10. The first-order valence-corrected chi connectivity index (χ1v) is 9.60. The SMILES string of the molecule is CC1=C(C)N2C(=NC3C2C(=O)N(Cc2ccc(F)cc2)C(=O)N3C)N1CCCO. The van der Waals surface area contributed by atoms with E-state index in [4.69, 9.17) is 4.99 Å². The summed E-state index contributed by atoms with van der Waals surface area (Å²) in [6.45, 7) is 4.61. The second kappa shape index (κ2) is 7.14. The van der Waals surface area contributed by atoms with Gasteiger partial charge in [-0.2, -0.15) is 0 Å². The number of aliphatic imine (C=N–C) groups is 1. The van der Waals surface area contributed by atoms with Gasteiger partial charge in [0.15, 0.2) is 12.2 Å². The molecule has 1 aromatic carbocycles. The number of carbonyl (C=O) groups excluding carboxylic acids is 2. The van der Waals surface area contributed by atoms with Crippen molar-refractivity contribution in [1.82, 2.24) is 19.6 Å². The van der Waals surface area contributed by atoms with Gasteiger partial charge in [-0.25, -0.2) is 14.2 Å². The molecule has 29 heavy (non-hydrogen) atoms. The molecule has 1 fully saturated rings. The Hall–Kier alpha value is -2.94. The van der Waals surface area contributed by atoms with E-state index in [-0.39, 0.29) is 24.9 Å². The van der Waals surface area contributed by atoms with Crippen LogP contribution in [0.5, 0.6) is 0 Å². The fraction of sp³-hybridized carbons (Fsp3) is 0.450. The van der Waals surface area contributed by atoms with Crippen molar-refractivity contribution in [2.75, 3.05) is 20.2 Å². The second-order valence-corrected chi connectivity index (χ2v) is 7.50. The molecular weight excluding hydrogens is 377 g/mol. The van der Waals surface area contributed by atoms with Gasteiger partial charge in [-0.15, -0.1) is 0 Å². The van der Waals surface area contributed by atoms with Crippen molar-refractivity contribution in [1.29, 1.82) is 0 Å². The highest BCUT2D eigenvalue weighted by molar-refractivity contribution is 6.05. The van der Waals surface area contributed by atoms with Gasteiger partial charge in [-0.1, -0.05) is 12.1 Å². The number of halogens is 1. The molecule has 0 saturated carbocycles. The summed E-state index contributed by atoms with van der Waals surface area (Å²) < 4.78 is 13.2. The third-order valence-corrected chi connectivity index (χ3v) is 5.80. The molecule has 154 valence electrons. The number of rotatable bonds is 5. The van der Waals surface area contributed by atoms with Crippen LogP contribution in [0, 0.1) is 5.82 Å². The molecule has 0 aromatic heterocycles. The van der Waals surface area contributed by atoms with E-state index in [0.29, 0.717) is 24.5 Å². The highest BCUT2D eigenvalue weighted by Crippen LogP contribution is 2.37. The summed E-state index contributed by atoms with van der Waals surface area (Å²) in [5, 5.41) is 9.20. The molecule has 3 heterocycles. The maximum Gasteiger partial charge on any atom is 0.328 e. The summed E-state index contributed by atoms with van der Waals surface area (Å²) in [6.07, 6.45) is -0.0270. The van der Waals surface area contributed by atoms with E-state index in [2.05, 4.69) is 0 Å². The summed E-state index contributed by atoms with van der Waals surface area (Å²) in [4.78, 5) is 37.5. The number of aliphatic hydroxyl groups is 1. The highest BCUT2D eigenvalue weighted by Gasteiger charge is 2.55. The first-order chi connectivity index (χ1) is 13.8. The number of aliphatic hydroxyl groups excluding tert-OH is 1. The molecule has 1 aromatic rings. The number of urea groups is 1. The molecule has 0 radical (unpaired) electrons. The Balaban J connectivity index is 1.64. The number of hydrogen-bond acceptors (Lipinski definition) is 6. The van der Waals surface area contributed by atoms with Crippen molar-refractivity contribution in [2.45, 2.75) is 39.0 Å². The molecule has 0 bridgehead atoms. The van der Waals surface area contributed by atoms with Gasteiger partial charge < -0.3 is 14.9 Å². The quantitative estimate of drug-likeness (QED) is 0.810. The van der Waals surface area contributed by atoms with Crippen LogP contribution in [0.2, 0.25) is 0 Å². The van der Waals surface area contributed by atoms with Crippen LogP contribution in [0.3, 0.4) is 0 Å². The average molecular weight is 401 g/mol. The maximum atomic E-state index is 13.4. The Labute approximate surface area is 168 Å². The van der Waals surface area contributed by atoms with Crippen molar-refractivity contribution in [3.63, 3.8) is 0 Å². The van der Waals surface area contributed by atoms with Crippen LogP contribution < -0.4 is 0 Å². The van der Waals surface area contributed by atoms with E-state index in [1.54, 1.807) is 19.2 Å². The predicted molar refractivity (Wildman–Crippen MR) is 104 cm³/mol. The van der Waals surface area contributed by atoms with E-state index in [0.717, 1.165) is 11.4 Å². The van der Waals surface area contributed by atoms with Crippen molar-refractivity contribution < 1.29 is 19.1 Å².